The average Bonchev–Trinajstić information content (AvgIpc) is 2.76. The molecule has 1 aromatic rings. The number of hydrogen-bond acceptors (Lipinski definition) is 4. The highest BCUT2D eigenvalue weighted by atomic mass is 79.9. The van der Waals surface area contributed by atoms with Gasteiger partial charge in [-0.2, -0.15) is 0 Å². The van der Waals surface area contributed by atoms with Gasteiger partial charge >= 0.3 is 0 Å². The van der Waals surface area contributed by atoms with Gasteiger partial charge in [-0.25, -0.2) is 13.1 Å². The van der Waals surface area contributed by atoms with Crippen LogP contribution in [-0.2, 0) is 10.0 Å². The van der Waals surface area contributed by atoms with Gasteiger partial charge in [-0.1, -0.05) is 19.3 Å². The van der Waals surface area contributed by atoms with Gasteiger partial charge < -0.3 is 5.73 Å². The highest BCUT2D eigenvalue weighted by molar-refractivity contribution is 9.11. The van der Waals surface area contributed by atoms with Crippen molar-refractivity contribution in [3.05, 3.63) is 15.9 Å². The Morgan fingerprint density at radius 1 is 1.33 bits per heavy atom. The summed E-state index contributed by atoms with van der Waals surface area (Å²) in [5, 5.41) is 0. The monoisotopic (exact) mass is 352 g/mol. The number of nitrogens with two attached hydrogens (primary N) is 1. The van der Waals surface area contributed by atoms with Crippen LogP contribution in [0.3, 0.4) is 0 Å². The molecule has 7 heteroatoms. The van der Waals surface area contributed by atoms with E-state index in [4.69, 9.17) is 5.73 Å². The second-order valence-electron chi connectivity index (χ2n) is 4.81. The molecule has 18 heavy (non-hydrogen) atoms. The molecule has 1 aliphatic rings. The SMILES string of the molecule is NC1(CNS(=O)(=O)c2ccc(Br)s2)CCCCC1. The van der Waals surface area contributed by atoms with E-state index in [9.17, 15) is 8.42 Å². The summed E-state index contributed by atoms with van der Waals surface area (Å²) in [4.78, 5) is 0. The predicted molar refractivity (Wildman–Crippen MR) is 77.2 cm³/mol. The molecule has 0 amide bonds. The van der Waals surface area contributed by atoms with Gasteiger partial charge in [0.25, 0.3) is 0 Å². The molecule has 1 aliphatic carbocycles. The zero-order valence-electron chi connectivity index (χ0n) is 9.99. The summed E-state index contributed by atoms with van der Waals surface area (Å²) < 4.78 is 27.9. The lowest BCUT2D eigenvalue weighted by Crippen LogP contribution is -2.51. The van der Waals surface area contributed by atoms with Gasteiger partial charge in [-0.05, 0) is 40.9 Å². The second kappa shape index (κ2) is 5.58. The molecule has 0 aliphatic heterocycles. The summed E-state index contributed by atoms with van der Waals surface area (Å²) in [6.45, 7) is 0.324. The van der Waals surface area contributed by atoms with E-state index in [1.165, 1.54) is 17.8 Å². The standard InChI is InChI=1S/C11H17BrN2O2S2/c12-9-4-5-10(17-9)18(15,16)14-8-11(13)6-2-1-3-7-11/h4-5,14H,1-3,6-8,13H2. The van der Waals surface area contributed by atoms with Crippen molar-refractivity contribution < 1.29 is 8.42 Å². The summed E-state index contributed by atoms with van der Waals surface area (Å²) in [7, 11) is -3.42. The van der Waals surface area contributed by atoms with E-state index >= 15 is 0 Å². The van der Waals surface area contributed by atoms with E-state index < -0.39 is 10.0 Å². The van der Waals surface area contributed by atoms with Crippen molar-refractivity contribution >= 4 is 37.3 Å². The lowest BCUT2D eigenvalue weighted by Gasteiger charge is -2.33. The molecule has 0 aromatic carbocycles. The number of halogens is 1. The van der Waals surface area contributed by atoms with Crippen molar-refractivity contribution in [1.82, 2.24) is 4.72 Å². The van der Waals surface area contributed by atoms with E-state index in [0.717, 1.165) is 29.5 Å². The fraction of sp³-hybridized carbons (Fsp3) is 0.636. The van der Waals surface area contributed by atoms with Gasteiger partial charge in [0.15, 0.2) is 0 Å². The smallest absolute Gasteiger partial charge is 0.250 e. The highest BCUT2D eigenvalue weighted by Gasteiger charge is 2.29. The first-order valence-electron chi connectivity index (χ1n) is 5.95. The van der Waals surface area contributed by atoms with Crippen molar-refractivity contribution in [2.75, 3.05) is 6.54 Å². The van der Waals surface area contributed by atoms with Crippen LogP contribution in [0.5, 0.6) is 0 Å². The maximum absolute atomic E-state index is 12.1. The highest BCUT2D eigenvalue weighted by Crippen LogP contribution is 2.28. The Labute approximate surface area is 120 Å². The van der Waals surface area contributed by atoms with Crippen LogP contribution in [0.1, 0.15) is 32.1 Å². The van der Waals surface area contributed by atoms with Gasteiger partial charge in [0.2, 0.25) is 10.0 Å². The van der Waals surface area contributed by atoms with Crippen LogP contribution in [0.15, 0.2) is 20.1 Å². The molecule has 1 aromatic heterocycles. The Morgan fingerprint density at radius 2 is 2.00 bits per heavy atom. The molecule has 1 heterocycles. The van der Waals surface area contributed by atoms with Crippen molar-refractivity contribution in [1.29, 1.82) is 0 Å². The molecule has 1 saturated carbocycles. The summed E-state index contributed by atoms with van der Waals surface area (Å²) in [5.41, 5.74) is 5.84. The van der Waals surface area contributed by atoms with Crippen LogP contribution in [-0.4, -0.2) is 20.5 Å². The van der Waals surface area contributed by atoms with Crippen molar-refractivity contribution in [3.8, 4) is 0 Å². The van der Waals surface area contributed by atoms with Crippen LogP contribution in [0.2, 0.25) is 0 Å². The summed E-state index contributed by atoms with van der Waals surface area (Å²) in [6, 6.07) is 3.33. The van der Waals surface area contributed by atoms with E-state index in [1.54, 1.807) is 12.1 Å². The van der Waals surface area contributed by atoms with Crippen molar-refractivity contribution in [3.63, 3.8) is 0 Å². The van der Waals surface area contributed by atoms with E-state index in [0.29, 0.717) is 10.8 Å². The molecule has 0 unspecified atom stereocenters. The number of thiophene rings is 1. The zero-order valence-corrected chi connectivity index (χ0v) is 13.2. The molecule has 0 saturated heterocycles. The summed E-state index contributed by atoms with van der Waals surface area (Å²) >= 11 is 4.47. The Hall–Kier alpha value is 0.0500. The minimum absolute atomic E-state index is 0.324. The molecule has 0 spiro atoms. The lowest BCUT2D eigenvalue weighted by atomic mass is 9.83. The van der Waals surface area contributed by atoms with Gasteiger partial charge in [0, 0.05) is 12.1 Å². The molecule has 4 nitrogen and oxygen atoms in total. The van der Waals surface area contributed by atoms with Crippen molar-refractivity contribution in [2.45, 2.75) is 41.9 Å². The largest absolute Gasteiger partial charge is 0.324 e. The van der Waals surface area contributed by atoms with E-state index in [2.05, 4.69) is 20.7 Å². The first kappa shape index (κ1) is 14.5. The number of rotatable bonds is 4. The second-order valence-corrected chi connectivity index (χ2v) is 9.26. The van der Waals surface area contributed by atoms with Gasteiger partial charge in [-0.15, -0.1) is 11.3 Å². The van der Waals surface area contributed by atoms with Gasteiger partial charge in [0.05, 0.1) is 3.79 Å². The van der Waals surface area contributed by atoms with Crippen LogP contribution in [0, 0.1) is 0 Å². The van der Waals surface area contributed by atoms with Crippen LogP contribution in [0.25, 0.3) is 0 Å². The normalized spacial score (nSPS) is 19.9. The summed E-state index contributed by atoms with van der Waals surface area (Å²) in [5.74, 6) is 0. The zero-order chi connectivity index (χ0) is 13.2. The average molecular weight is 353 g/mol. The first-order valence-corrected chi connectivity index (χ1v) is 9.05. The fourth-order valence-corrected chi connectivity index (χ4v) is 5.38. The quantitative estimate of drug-likeness (QED) is 0.873. The molecule has 0 radical (unpaired) electrons. The maximum atomic E-state index is 12.1. The van der Waals surface area contributed by atoms with Crippen LogP contribution in [0.4, 0.5) is 0 Å². The molecule has 102 valence electrons. The van der Waals surface area contributed by atoms with E-state index in [1.807, 2.05) is 0 Å². The lowest BCUT2D eigenvalue weighted by molar-refractivity contribution is 0.296. The first-order chi connectivity index (χ1) is 8.41. The molecule has 2 rings (SSSR count). The molecule has 3 N–H and O–H groups in total. The van der Waals surface area contributed by atoms with Gasteiger partial charge in [0.1, 0.15) is 4.21 Å². The van der Waals surface area contributed by atoms with E-state index in [-0.39, 0.29) is 5.54 Å². The minimum atomic E-state index is -3.42. The fourth-order valence-electron chi connectivity index (χ4n) is 2.18. The Balaban J connectivity index is 2.01. The van der Waals surface area contributed by atoms with Crippen molar-refractivity contribution in [2.24, 2.45) is 5.73 Å². The number of sulfonamides is 1. The minimum Gasteiger partial charge on any atom is -0.324 e. The Bertz CT molecular complexity index is 507. The van der Waals surface area contributed by atoms with Crippen LogP contribution < -0.4 is 10.5 Å². The third-order valence-corrected chi connectivity index (χ3v) is 6.79. The predicted octanol–water partition coefficient (Wildman–Crippen LogP) is 2.45. The maximum Gasteiger partial charge on any atom is 0.250 e. The summed E-state index contributed by atoms with van der Waals surface area (Å²) in [6.07, 6.45) is 5.16. The third-order valence-electron chi connectivity index (χ3n) is 3.28. The topological polar surface area (TPSA) is 72.2 Å². The number of nitrogens with one attached hydrogen (secondary N) is 1. The van der Waals surface area contributed by atoms with Gasteiger partial charge in [-0.3, -0.25) is 0 Å². The molecule has 0 atom stereocenters. The molecule has 1 fully saturated rings. The molecular weight excluding hydrogens is 336 g/mol. The Morgan fingerprint density at radius 3 is 2.56 bits per heavy atom. The van der Waals surface area contributed by atoms with Crippen LogP contribution >= 0.6 is 27.3 Å². The Kier molecular flexibility index (Phi) is 4.48. The number of hydrogen-bond donors (Lipinski definition) is 2. The molecule has 0 bridgehead atoms. The third kappa shape index (κ3) is 3.54. The molecular formula is C11H17BrN2O2S2.